The molecule has 0 aromatic heterocycles. The Bertz CT molecular complexity index is 817. The second-order valence-corrected chi connectivity index (χ2v) is 10.1. The molecule has 1 heterocycles. The van der Waals surface area contributed by atoms with Gasteiger partial charge in [-0.15, -0.1) is 0 Å². The first-order chi connectivity index (χ1) is 15.2. The molecule has 9 heteroatoms. The first-order valence-electron chi connectivity index (χ1n) is 11.5. The van der Waals surface area contributed by atoms with E-state index in [1.165, 1.54) is 0 Å². The number of carbonyl (C=O) groups is 2. The van der Waals surface area contributed by atoms with E-state index in [9.17, 15) is 9.59 Å². The van der Waals surface area contributed by atoms with Crippen LogP contribution in [0, 0.1) is 0 Å². The molecule has 0 radical (unpaired) electrons. The molecule has 33 heavy (non-hydrogen) atoms. The minimum absolute atomic E-state index is 0.248. The van der Waals surface area contributed by atoms with Crippen molar-refractivity contribution >= 4 is 24.6 Å². The summed E-state index contributed by atoms with van der Waals surface area (Å²) in [5.74, 6) is 0.356. The van der Waals surface area contributed by atoms with Crippen LogP contribution in [0.3, 0.4) is 0 Å². The summed E-state index contributed by atoms with van der Waals surface area (Å²) >= 11 is 0. The minimum Gasteiger partial charge on any atom is -0.492 e. The third-order valence-corrected chi connectivity index (χ3v) is 5.48. The van der Waals surface area contributed by atoms with Gasteiger partial charge in [0.05, 0.1) is 24.4 Å². The Morgan fingerprint density at radius 1 is 1.06 bits per heavy atom. The van der Waals surface area contributed by atoms with Crippen LogP contribution in [0.5, 0.6) is 5.75 Å². The number of benzene rings is 1. The lowest BCUT2D eigenvalue weighted by molar-refractivity contribution is -0.143. The minimum atomic E-state index is -0.560. The highest BCUT2D eigenvalue weighted by Crippen LogP contribution is 2.36. The van der Waals surface area contributed by atoms with E-state index in [-0.39, 0.29) is 25.5 Å². The Morgan fingerprint density at radius 2 is 1.70 bits per heavy atom. The molecular weight excluding hydrogens is 425 g/mol. The van der Waals surface area contributed by atoms with E-state index in [1.54, 1.807) is 6.92 Å². The molecule has 1 aromatic carbocycles. The highest BCUT2D eigenvalue weighted by molar-refractivity contribution is 6.62. The summed E-state index contributed by atoms with van der Waals surface area (Å²) in [6.45, 7) is 16.1. The lowest BCUT2D eigenvalue weighted by atomic mass is 9.78. The fourth-order valence-corrected chi connectivity index (χ4v) is 3.14. The quantitative estimate of drug-likeness (QED) is 0.341. The van der Waals surface area contributed by atoms with Crippen LogP contribution in [-0.4, -0.2) is 55.7 Å². The summed E-state index contributed by atoms with van der Waals surface area (Å²) in [6.07, 6.45) is 0.270. The zero-order valence-corrected chi connectivity index (χ0v) is 21.2. The Labute approximate surface area is 197 Å². The molecule has 0 spiro atoms. The highest BCUT2D eigenvalue weighted by Gasteiger charge is 2.51. The molecule has 1 aliphatic rings. The Morgan fingerprint density at radius 3 is 2.27 bits per heavy atom. The van der Waals surface area contributed by atoms with E-state index in [0.29, 0.717) is 18.8 Å². The maximum absolute atomic E-state index is 11.8. The van der Waals surface area contributed by atoms with E-state index in [0.717, 1.165) is 11.0 Å². The number of ether oxygens (including phenoxy) is 3. The Balaban J connectivity index is 2.09. The SMILES string of the molecule is CCOC(=O)CCc1cc(OCCNC(=O)OC(C)(C)C)cc(B2OC(C)(C)C(C)(C)O2)c1. The van der Waals surface area contributed by atoms with Gasteiger partial charge in [-0.1, -0.05) is 6.07 Å². The monoisotopic (exact) mass is 463 g/mol. The maximum Gasteiger partial charge on any atom is 0.494 e. The molecule has 184 valence electrons. The molecule has 0 unspecified atom stereocenters. The van der Waals surface area contributed by atoms with Crippen molar-refractivity contribution < 1.29 is 33.1 Å². The van der Waals surface area contributed by atoms with Crippen molar-refractivity contribution in [2.24, 2.45) is 0 Å². The number of amides is 1. The summed E-state index contributed by atoms with van der Waals surface area (Å²) in [5.41, 5.74) is 0.208. The molecule has 1 fully saturated rings. The van der Waals surface area contributed by atoms with E-state index >= 15 is 0 Å². The van der Waals surface area contributed by atoms with Crippen molar-refractivity contribution in [2.75, 3.05) is 19.8 Å². The molecule has 1 amide bonds. The van der Waals surface area contributed by atoms with Crippen LogP contribution >= 0.6 is 0 Å². The van der Waals surface area contributed by atoms with Gasteiger partial charge in [0, 0.05) is 6.42 Å². The topological polar surface area (TPSA) is 92.3 Å². The number of aryl methyl sites for hydroxylation is 1. The van der Waals surface area contributed by atoms with Crippen molar-refractivity contribution in [3.63, 3.8) is 0 Å². The summed E-state index contributed by atoms with van der Waals surface area (Å²) < 4.78 is 28.5. The van der Waals surface area contributed by atoms with Crippen molar-refractivity contribution in [3.8, 4) is 5.75 Å². The van der Waals surface area contributed by atoms with Crippen LogP contribution < -0.4 is 15.5 Å². The van der Waals surface area contributed by atoms with Crippen molar-refractivity contribution in [1.82, 2.24) is 5.32 Å². The van der Waals surface area contributed by atoms with E-state index in [4.69, 9.17) is 23.5 Å². The predicted octanol–water partition coefficient (Wildman–Crippen LogP) is 3.39. The van der Waals surface area contributed by atoms with Crippen LogP contribution in [0.15, 0.2) is 18.2 Å². The van der Waals surface area contributed by atoms with E-state index in [2.05, 4.69) is 5.32 Å². The third-order valence-electron chi connectivity index (χ3n) is 5.48. The summed E-state index contributed by atoms with van der Waals surface area (Å²) in [7, 11) is -0.556. The average Bonchev–Trinajstić information content (AvgIpc) is 2.90. The molecule has 0 bridgehead atoms. The van der Waals surface area contributed by atoms with Gasteiger partial charge in [-0.2, -0.15) is 0 Å². The number of nitrogens with one attached hydrogen (secondary N) is 1. The summed E-state index contributed by atoms with van der Waals surface area (Å²) in [4.78, 5) is 23.6. The number of carbonyl (C=O) groups excluding carboxylic acids is 2. The van der Waals surface area contributed by atoms with Gasteiger partial charge in [-0.05, 0) is 85.0 Å². The Kier molecular flexibility index (Phi) is 8.82. The van der Waals surface area contributed by atoms with Gasteiger partial charge in [-0.3, -0.25) is 4.79 Å². The van der Waals surface area contributed by atoms with Gasteiger partial charge in [0.15, 0.2) is 0 Å². The fraction of sp³-hybridized carbons (Fsp3) is 0.667. The standard InChI is InChI=1S/C24H38BNO7/c1-9-29-20(27)11-10-17-14-18(25-32-23(5,6)24(7,8)33-25)16-19(15-17)30-13-12-26-21(28)31-22(2,3)4/h14-16H,9-13H2,1-8H3,(H,26,28). The number of esters is 1. The number of hydrogen-bond acceptors (Lipinski definition) is 7. The van der Waals surface area contributed by atoms with Gasteiger partial charge in [0.25, 0.3) is 0 Å². The smallest absolute Gasteiger partial charge is 0.492 e. The molecule has 0 atom stereocenters. The zero-order chi connectivity index (χ0) is 24.9. The predicted molar refractivity (Wildman–Crippen MR) is 127 cm³/mol. The number of rotatable bonds is 9. The van der Waals surface area contributed by atoms with Gasteiger partial charge in [-0.25, -0.2) is 4.79 Å². The molecule has 2 rings (SSSR count). The van der Waals surface area contributed by atoms with Crippen LogP contribution in [0.4, 0.5) is 4.79 Å². The normalized spacial score (nSPS) is 16.9. The van der Waals surface area contributed by atoms with Gasteiger partial charge < -0.3 is 28.8 Å². The molecule has 1 N–H and O–H groups in total. The van der Waals surface area contributed by atoms with Crippen molar-refractivity contribution in [1.29, 1.82) is 0 Å². The second kappa shape index (κ2) is 10.8. The first-order valence-corrected chi connectivity index (χ1v) is 11.5. The number of alkyl carbamates (subject to hydrolysis) is 1. The van der Waals surface area contributed by atoms with E-state index < -0.39 is 30.0 Å². The van der Waals surface area contributed by atoms with Gasteiger partial charge >= 0.3 is 19.2 Å². The molecule has 8 nitrogen and oxygen atoms in total. The van der Waals surface area contributed by atoms with Crippen molar-refractivity contribution in [2.45, 2.75) is 85.0 Å². The van der Waals surface area contributed by atoms with Crippen LogP contribution in [0.1, 0.15) is 67.4 Å². The first kappa shape index (κ1) is 27.0. The molecule has 1 saturated heterocycles. The maximum atomic E-state index is 11.8. The molecule has 0 saturated carbocycles. The number of hydrogen-bond donors (Lipinski definition) is 1. The van der Waals surface area contributed by atoms with Crippen LogP contribution in [0.25, 0.3) is 0 Å². The molecule has 1 aliphatic heterocycles. The van der Waals surface area contributed by atoms with E-state index in [1.807, 2.05) is 66.7 Å². The fourth-order valence-electron chi connectivity index (χ4n) is 3.14. The third kappa shape index (κ3) is 8.23. The van der Waals surface area contributed by atoms with Gasteiger partial charge in [0.2, 0.25) is 0 Å². The zero-order valence-electron chi connectivity index (χ0n) is 21.2. The second-order valence-electron chi connectivity index (χ2n) is 10.1. The Hall–Kier alpha value is -2.26. The highest BCUT2D eigenvalue weighted by atomic mass is 16.7. The average molecular weight is 463 g/mol. The lowest BCUT2D eigenvalue weighted by Crippen LogP contribution is -2.41. The largest absolute Gasteiger partial charge is 0.494 e. The molecular formula is C24H38BNO7. The van der Waals surface area contributed by atoms with Gasteiger partial charge in [0.1, 0.15) is 18.0 Å². The van der Waals surface area contributed by atoms with Crippen molar-refractivity contribution in [3.05, 3.63) is 23.8 Å². The van der Waals surface area contributed by atoms with Crippen LogP contribution in [-0.2, 0) is 30.0 Å². The molecule has 0 aliphatic carbocycles. The molecule has 1 aromatic rings. The summed E-state index contributed by atoms with van der Waals surface area (Å²) in [5, 5.41) is 2.67. The van der Waals surface area contributed by atoms with Crippen LogP contribution in [0.2, 0.25) is 0 Å². The lowest BCUT2D eigenvalue weighted by Gasteiger charge is -2.32. The summed E-state index contributed by atoms with van der Waals surface area (Å²) in [6, 6.07) is 5.71.